The number of fused-ring (bicyclic) bond motifs is 1. The van der Waals surface area contributed by atoms with E-state index < -0.39 is 0 Å². The van der Waals surface area contributed by atoms with Crippen LogP contribution < -0.4 is 10.4 Å². The molecule has 3 aromatic rings. The molecule has 0 radical (unpaired) electrons. The van der Waals surface area contributed by atoms with Crippen LogP contribution in [-0.4, -0.2) is 9.55 Å². The normalized spacial score (nSPS) is 10.9. The Kier molecular flexibility index (Phi) is 3.20. The number of aromatic nitrogens is 2. The molecular weight excluding hydrogens is 280 g/mol. The summed E-state index contributed by atoms with van der Waals surface area (Å²) in [5.74, 6) is 1.32. The Morgan fingerprint density at radius 1 is 1.35 bits per heavy atom. The molecule has 0 atom stereocenters. The summed E-state index contributed by atoms with van der Waals surface area (Å²) in [6.07, 6.45) is 1.57. The van der Waals surface area contributed by atoms with Gasteiger partial charge in [0, 0.05) is 24.6 Å². The molecule has 1 aromatic carbocycles. The fourth-order valence-corrected chi connectivity index (χ4v) is 1.98. The lowest BCUT2D eigenvalue weighted by molar-refractivity contribution is 0.292. The summed E-state index contributed by atoms with van der Waals surface area (Å²) in [6.45, 7) is 0.284. The number of hydrogen-bond donors (Lipinski definition) is 0. The molecule has 20 heavy (non-hydrogen) atoms. The molecule has 0 unspecified atom stereocenters. The first-order valence-corrected chi connectivity index (χ1v) is 6.34. The lowest BCUT2D eigenvalue weighted by Crippen LogP contribution is -2.03. The molecule has 0 aliphatic carbocycles. The monoisotopic (exact) mass is 290 g/mol. The molecule has 2 aromatic heterocycles. The third-order valence-corrected chi connectivity index (χ3v) is 3.34. The minimum atomic E-state index is -0.384. The Balaban J connectivity index is 1.84. The van der Waals surface area contributed by atoms with Crippen LogP contribution in [-0.2, 0) is 13.7 Å². The van der Waals surface area contributed by atoms with Gasteiger partial charge in [-0.05, 0) is 18.2 Å². The third-order valence-electron chi connectivity index (χ3n) is 2.99. The average Bonchev–Trinajstić information content (AvgIpc) is 2.76. The lowest BCUT2D eigenvalue weighted by atomic mass is 10.2. The van der Waals surface area contributed by atoms with Crippen molar-refractivity contribution in [3.63, 3.8) is 0 Å². The number of hydrogen-bond acceptors (Lipinski definition) is 4. The van der Waals surface area contributed by atoms with Gasteiger partial charge in [-0.3, -0.25) is 0 Å². The first-order chi connectivity index (χ1) is 9.63. The molecule has 0 N–H and O–H groups in total. The molecule has 2 heterocycles. The van der Waals surface area contributed by atoms with Crippen molar-refractivity contribution in [2.24, 2.45) is 7.05 Å². The van der Waals surface area contributed by atoms with Crippen molar-refractivity contribution in [3.05, 3.63) is 57.9 Å². The van der Waals surface area contributed by atoms with E-state index in [2.05, 4.69) is 4.98 Å². The van der Waals surface area contributed by atoms with Gasteiger partial charge in [0.2, 0.25) is 0 Å². The van der Waals surface area contributed by atoms with Crippen LogP contribution in [0.5, 0.6) is 5.75 Å². The SMILES string of the molecule is Cn1c(Cl)cnc1COc1ccc2ccc(=O)oc2c1. The van der Waals surface area contributed by atoms with Gasteiger partial charge in [0.25, 0.3) is 0 Å². The van der Waals surface area contributed by atoms with Crippen LogP contribution >= 0.6 is 11.6 Å². The van der Waals surface area contributed by atoms with Crippen molar-refractivity contribution >= 4 is 22.6 Å². The molecule has 0 aliphatic heterocycles. The van der Waals surface area contributed by atoms with E-state index in [0.29, 0.717) is 22.3 Å². The maximum atomic E-state index is 11.2. The number of nitrogens with zero attached hydrogens (tertiary/aromatic N) is 2. The summed E-state index contributed by atoms with van der Waals surface area (Å²) in [7, 11) is 1.81. The summed E-state index contributed by atoms with van der Waals surface area (Å²) < 4.78 is 12.5. The van der Waals surface area contributed by atoms with Crippen molar-refractivity contribution in [1.29, 1.82) is 0 Å². The molecule has 0 saturated heterocycles. The van der Waals surface area contributed by atoms with Gasteiger partial charge < -0.3 is 13.7 Å². The summed E-state index contributed by atoms with van der Waals surface area (Å²) in [5, 5.41) is 1.39. The highest BCUT2D eigenvalue weighted by molar-refractivity contribution is 6.29. The predicted octanol–water partition coefficient (Wildman–Crippen LogP) is 2.76. The molecule has 6 heteroatoms. The summed E-state index contributed by atoms with van der Waals surface area (Å²) >= 11 is 5.90. The zero-order chi connectivity index (χ0) is 14.1. The number of benzene rings is 1. The number of halogens is 1. The van der Waals surface area contributed by atoms with Gasteiger partial charge in [-0.25, -0.2) is 9.78 Å². The van der Waals surface area contributed by atoms with Gasteiger partial charge in [-0.15, -0.1) is 0 Å². The van der Waals surface area contributed by atoms with Crippen LogP contribution in [0.3, 0.4) is 0 Å². The van der Waals surface area contributed by atoms with Crippen LogP contribution in [0.1, 0.15) is 5.82 Å². The minimum absolute atomic E-state index is 0.284. The van der Waals surface area contributed by atoms with E-state index in [1.54, 1.807) is 22.9 Å². The molecule has 5 nitrogen and oxygen atoms in total. The predicted molar refractivity (Wildman–Crippen MR) is 75.0 cm³/mol. The molecule has 0 fully saturated rings. The molecule has 0 spiro atoms. The maximum Gasteiger partial charge on any atom is 0.336 e. The Morgan fingerprint density at radius 3 is 2.90 bits per heavy atom. The van der Waals surface area contributed by atoms with E-state index in [1.807, 2.05) is 19.2 Å². The topological polar surface area (TPSA) is 57.3 Å². The Morgan fingerprint density at radius 2 is 2.15 bits per heavy atom. The molecule has 0 bridgehead atoms. The highest BCUT2D eigenvalue weighted by atomic mass is 35.5. The van der Waals surface area contributed by atoms with E-state index in [1.165, 1.54) is 6.07 Å². The second kappa shape index (κ2) is 5.02. The number of rotatable bonds is 3. The van der Waals surface area contributed by atoms with Gasteiger partial charge in [-0.1, -0.05) is 11.6 Å². The fraction of sp³-hybridized carbons (Fsp3) is 0.143. The van der Waals surface area contributed by atoms with Gasteiger partial charge >= 0.3 is 5.63 Å². The quantitative estimate of drug-likeness (QED) is 0.696. The van der Waals surface area contributed by atoms with Crippen LogP contribution in [0.2, 0.25) is 5.15 Å². The molecular formula is C14H11ClN2O3. The standard InChI is InChI=1S/C14H11ClN2O3/c1-17-12(15)7-16-13(17)8-19-10-4-2-9-3-5-14(18)20-11(9)6-10/h2-7H,8H2,1H3. The Bertz CT molecular complexity index is 823. The van der Waals surface area contributed by atoms with E-state index >= 15 is 0 Å². The van der Waals surface area contributed by atoms with Crippen molar-refractivity contribution in [3.8, 4) is 5.75 Å². The third kappa shape index (κ3) is 2.40. The molecule has 0 amide bonds. The minimum Gasteiger partial charge on any atom is -0.486 e. The molecule has 102 valence electrons. The summed E-state index contributed by atoms with van der Waals surface area (Å²) in [4.78, 5) is 15.3. The first-order valence-electron chi connectivity index (χ1n) is 5.96. The zero-order valence-corrected chi connectivity index (χ0v) is 11.4. The fourth-order valence-electron chi connectivity index (χ4n) is 1.84. The van der Waals surface area contributed by atoms with Gasteiger partial charge in [0.1, 0.15) is 28.9 Å². The van der Waals surface area contributed by atoms with Crippen LogP contribution in [0.15, 0.2) is 45.7 Å². The Hall–Kier alpha value is -2.27. The lowest BCUT2D eigenvalue weighted by Gasteiger charge is -2.07. The Labute approximate surface area is 119 Å². The van der Waals surface area contributed by atoms with E-state index in [9.17, 15) is 4.79 Å². The summed E-state index contributed by atoms with van der Waals surface area (Å²) in [6, 6.07) is 8.43. The molecule has 0 saturated carbocycles. The van der Waals surface area contributed by atoms with Crippen LogP contribution in [0.4, 0.5) is 0 Å². The van der Waals surface area contributed by atoms with Gasteiger partial charge in [0.15, 0.2) is 0 Å². The molecule has 3 rings (SSSR count). The number of imidazole rings is 1. The summed E-state index contributed by atoms with van der Waals surface area (Å²) in [5.41, 5.74) is 0.110. The second-order valence-corrected chi connectivity index (χ2v) is 4.69. The van der Waals surface area contributed by atoms with Crippen molar-refractivity contribution < 1.29 is 9.15 Å². The maximum absolute atomic E-state index is 11.2. The van der Waals surface area contributed by atoms with E-state index in [4.69, 9.17) is 20.8 Å². The largest absolute Gasteiger partial charge is 0.486 e. The van der Waals surface area contributed by atoms with Crippen molar-refractivity contribution in [1.82, 2.24) is 9.55 Å². The van der Waals surface area contributed by atoms with Crippen LogP contribution in [0, 0.1) is 0 Å². The number of ether oxygens (including phenoxy) is 1. The van der Waals surface area contributed by atoms with E-state index in [-0.39, 0.29) is 12.2 Å². The van der Waals surface area contributed by atoms with Gasteiger partial charge in [0.05, 0.1) is 6.20 Å². The smallest absolute Gasteiger partial charge is 0.336 e. The highest BCUT2D eigenvalue weighted by Crippen LogP contribution is 2.20. The van der Waals surface area contributed by atoms with Crippen molar-refractivity contribution in [2.45, 2.75) is 6.61 Å². The van der Waals surface area contributed by atoms with Crippen LogP contribution in [0.25, 0.3) is 11.0 Å². The van der Waals surface area contributed by atoms with Gasteiger partial charge in [-0.2, -0.15) is 0 Å². The average molecular weight is 291 g/mol. The zero-order valence-electron chi connectivity index (χ0n) is 10.7. The van der Waals surface area contributed by atoms with E-state index in [0.717, 1.165) is 5.39 Å². The second-order valence-electron chi connectivity index (χ2n) is 4.30. The first kappa shape index (κ1) is 12.7. The molecule has 0 aliphatic rings. The highest BCUT2D eigenvalue weighted by Gasteiger charge is 2.06. The van der Waals surface area contributed by atoms with Crippen molar-refractivity contribution in [2.75, 3.05) is 0 Å².